The molecule has 0 bridgehead atoms. The van der Waals surface area contributed by atoms with Gasteiger partial charge in [0.2, 0.25) is 0 Å². The van der Waals surface area contributed by atoms with Gasteiger partial charge < -0.3 is 5.73 Å². The van der Waals surface area contributed by atoms with Crippen molar-refractivity contribution in [3.05, 3.63) is 0 Å². The Kier molecular flexibility index (Phi) is 4.66. The molecule has 0 aromatic carbocycles. The Morgan fingerprint density at radius 2 is 2.12 bits per heavy atom. The highest BCUT2D eigenvalue weighted by molar-refractivity contribution is 6.43. The van der Waals surface area contributed by atoms with Gasteiger partial charge in [0.15, 0.2) is 4.96 Å². The molecule has 0 atom stereocenters. The van der Waals surface area contributed by atoms with Gasteiger partial charge in [-0.05, 0) is 7.05 Å². The Bertz CT molecular complexity index is 58.0. The topological polar surface area (TPSA) is 29.3 Å². The zero-order valence-corrected chi connectivity index (χ0v) is 6.28. The van der Waals surface area contributed by atoms with Gasteiger partial charge in [0.1, 0.15) is 0 Å². The molecule has 0 rings (SSSR count). The molecule has 0 aromatic heterocycles. The molecule has 4 heteroatoms. The van der Waals surface area contributed by atoms with Gasteiger partial charge in [-0.2, -0.15) is 0 Å². The van der Waals surface area contributed by atoms with E-state index in [1.807, 2.05) is 7.05 Å². The summed E-state index contributed by atoms with van der Waals surface area (Å²) in [5, 5.41) is 0. The maximum Gasteiger partial charge on any atom is 0.160 e. The molecule has 2 nitrogen and oxygen atoms in total. The summed E-state index contributed by atoms with van der Waals surface area (Å²) < 4.78 is 0. The van der Waals surface area contributed by atoms with Crippen LogP contribution >= 0.6 is 23.2 Å². The smallest absolute Gasteiger partial charge is 0.160 e. The van der Waals surface area contributed by atoms with Crippen LogP contribution in [0.2, 0.25) is 0 Å². The number of likely N-dealkylation sites (N-methyl/N-ethyl adjacent to an activating group) is 1. The van der Waals surface area contributed by atoms with Crippen LogP contribution in [0.3, 0.4) is 0 Å². The van der Waals surface area contributed by atoms with E-state index in [9.17, 15) is 0 Å². The Labute approximate surface area is 59.5 Å². The highest BCUT2D eigenvalue weighted by Gasteiger charge is 2.03. The second kappa shape index (κ2) is 4.39. The fourth-order valence-electron chi connectivity index (χ4n) is 0.301. The maximum atomic E-state index is 5.44. The maximum absolute atomic E-state index is 5.44. The first-order valence-corrected chi connectivity index (χ1v) is 3.24. The Morgan fingerprint density at radius 3 is 2.25 bits per heavy atom. The number of hydrogen-bond donors (Lipinski definition) is 1. The minimum atomic E-state index is -0.432. The Hall–Kier alpha value is 0.500. The van der Waals surface area contributed by atoms with Crippen LogP contribution in [0, 0.1) is 0 Å². The third kappa shape index (κ3) is 3.50. The molecule has 0 fully saturated rings. The highest BCUT2D eigenvalue weighted by Crippen LogP contribution is 2.04. The molecule has 0 amide bonds. The van der Waals surface area contributed by atoms with E-state index in [4.69, 9.17) is 28.9 Å². The van der Waals surface area contributed by atoms with E-state index in [-0.39, 0.29) is 0 Å². The standard InChI is InChI=1S/C4H10Cl2N2/c1-8(3-2-7)4(5)6/h4H,2-3,7H2,1H3. The first kappa shape index (κ1) is 8.50. The largest absolute Gasteiger partial charge is 0.329 e. The van der Waals surface area contributed by atoms with Crippen LogP contribution in [-0.2, 0) is 0 Å². The first-order chi connectivity index (χ1) is 3.68. The average Bonchev–Trinajstić information content (AvgIpc) is 1.67. The molecule has 8 heavy (non-hydrogen) atoms. The molecule has 0 heterocycles. The van der Waals surface area contributed by atoms with E-state index in [1.165, 1.54) is 0 Å². The van der Waals surface area contributed by atoms with Crippen LogP contribution in [0.4, 0.5) is 0 Å². The third-order valence-electron chi connectivity index (χ3n) is 0.815. The van der Waals surface area contributed by atoms with Crippen LogP contribution in [0.1, 0.15) is 0 Å². The van der Waals surface area contributed by atoms with E-state index in [0.717, 1.165) is 6.54 Å². The lowest BCUT2D eigenvalue weighted by atomic mass is 10.6. The van der Waals surface area contributed by atoms with Crippen molar-refractivity contribution in [2.75, 3.05) is 20.1 Å². The van der Waals surface area contributed by atoms with Crippen molar-refractivity contribution in [1.29, 1.82) is 0 Å². The van der Waals surface area contributed by atoms with E-state index in [0.29, 0.717) is 6.54 Å². The van der Waals surface area contributed by atoms with Gasteiger partial charge in [0, 0.05) is 13.1 Å². The van der Waals surface area contributed by atoms with Crippen molar-refractivity contribution < 1.29 is 0 Å². The number of nitrogens with two attached hydrogens (primary N) is 1. The summed E-state index contributed by atoms with van der Waals surface area (Å²) >= 11 is 10.9. The molecule has 0 unspecified atom stereocenters. The molecule has 0 aromatic rings. The summed E-state index contributed by atoms with van der Waals surface area (Å²) in [7, 11) is 1.82. The summed E-state index contributed by atoms with van der Waals surface area (Å²) in [4.78, 5) is 1.32. The predicted octanol–water partition coefficient (Wildman–Crippen LogP) is 0.638. The zero-order valence-electron chi connectivity index (χ0n) is 4.77. The van der Waals surface area contributed by atoms with Crippen molar-refractivity contribution >= 4 is 23.2 Å². The van der Waals surface area contributed by atoms with Gasteiger partial charge in [-0.25, -0.2) is 0 Å². The van der Waals surface area contributed by atoms with Crippen LogP contribution < -0.4 is 5.73 Å². The normalized spacial score (nSPS) is 11.2. The lowest BCUT2D eigenvalue weighted by Crippen LogP contribution is -2.28. The van der Waals surface area contributed by atoms with Crippen LogP contribution in [0.25, 0.3) is 0 Å². The lowest BCUT2D eigenvalue weighted by molar-refractivity contribution is 0.374. The Morgan fingerprint density at radius 1 is 1.62 bits per heavy atom. The summed E-state index contributed by atoms with van der Waals surface area (Å²) in [5.41, 5.74) is 5.21. The van der Waals surface area contributed by atoms with Gasteiger partial charge >= 0.3 is 0 Å². The fraction of sp³-hybridized carbons (Fsp3) is 1.00. The van der Waals surface area contributed by atoms with Gasteiger partial charge in [-0.1, -0.05) is 23.2 Å². The van der Waals surface area contributed by atoms with Crippen molar-refractivity contribution in [3.8, 4) is 0 Å². The minimum absolute atomic E-state index is 0.432. The van der Waals surface area contributed by atoms with Gasteiger partial charge in [0.25, 0.3) is 0 Å². The predicted molar refractivity (Wildman–Crippen MR) is 37.2 cm³/mol. The molecule has 0 spiro atoms. The number of hydrogen-bond acceptors (Lipinski definition) is 2. The van der Waals surface area contributed by atoms with Crippen molar-refractivity contribution in [1.82, 2.24) is 4.90 Å². The van der Waals surface area contributed by atoms with Gasteiger partial charge in [0.05, 0.1) is 0 Å². The lowest BCUT2D eigenvalue weighted by Gasteiger charge is -2.15. The highest BCUT2D eigenvalue weighted by atomic mass is 35.5. The SMILES string of the molecule is CN(CCN)C(Cl)Cl. The zero-order chi connectivity index (χ0) is 6.57. The second-order valence-corrected chi connectivity index (χ2v) is 2.60. The first-order valence-electron chi connectivity index (χ1n) is 2.37. The molecule has 50 valence electrons. The number of rotatable bonds is 3. The molecule has 0 aliphatic rings. The molecule has 0 radical (unpaired) electrons. The third-order valence-corrected chi connectivity index (χ3v) is 1.48. The van der Waals surface area contributed by atoms with E-state index in [1.54, 1.807) is 4.90 Å². The monoisotopic (exact) mass is 156 g/mol. The number of nitrogens with zero attached hydrogens (tertiary/aromatic N) is 1. The molecule has 0 saturated carbocycles. The summed E-state index contributed by atoms with van der Waals surface area (Å²) in [6.07, 6.45) is 0. The molecule has 0 aliphatic heterocycles. The van der Waals surface area contributed by atoms with Crippen LogP contribution in [-0.4, -0.2) is 30.0 Å². The molecule has 0 saturated heterocycles. The summed E-state index contributed by atoms with van der Waals surface area (Å²) in [6, 6.07) is 0. The molecule has 2 N–H and O–H groups in total. The van der Waals surface area contributed by atoms with Gasteiger partial charge in [-0.3, -0.25) is 4.90 Å². The fourth-order valence-corrected chi connectivity index (χ4v) is 0.496. The van der Waals surface area contributed by atoms with Crippen molar-refractivity contribution in [3.63, 3.8) is 0 Å². The van der Waals surface area contributed by atoms with Crippen molar-refractivity contribution in [2.45, 2.75) is 4.96 Å². The van der Waals surface area contributed by atoms with Crippen molar-refractivity contribution in [2.24, 2.45) is 5.73 Å². The van der Waals surface area contributed by atoms with Gasteiger partial charge in [-0.15, -0.1) is 0 Å². The summed E-state index contributed by atoms with van der Waals surface area (Å²) in [6.45, 7) is 1.32. The van der Waals surface area contributed by atoms with E-state index >= 15 is 0 Å². The Balaban J connectivity index is 3.17. The molecule has 0 aliphatic carbocycles. The summed E-state index contributed by atoms with van der Waals surface area (Å²) in [5.74, 6) is 0. The molecular formula is C4H10Cl2N2. The number of alkyl halides is 2. The van der Waals surface area contributed by atoms with Crippen LogP contribution in [0.5, 0.6) is 0 Å². The average molecular weight is 157 g/mol. The van der Waals surface area contributed by atoms with Crippen LogP contribution in [0.15, 0.2) is 0 Å². The van der Waals surface area contributed by atoms with E-state index < -0.39 is 4.96 Å². The van der Waals surface area contributed by atoms with E-state index in [2.05, 4.69) is 0 Å². The quantitative estimate of drug-likeness (QED) is 0.481. The number of halogens is 2. The minimum Gasteiger partial charge on any atom is -0.329 e. The molecular weight excluding hydrogens is 147 g/mol. The second-order valence-electron chi connectivity index (χ2n) is 1.55.